The van der Waals surface area contributed by atoms with Gasteiger partial charge in [-0.3, -0.25) is 9.52 Å². The van der Waals surface area contributed by atoms with E-state index in [1.807, 2.05) is 31.2 Å². The molecule has 7 heteroatoms. The normalized spacial score (nSPS) is 11.0. The summed E-state index contributed by atoms with van der Waals surface area (Å²) >= 11 is 0. The van der Waals surface area contributed by atoms with E-state index in [1.54, 1.807) is 54.5 Å². The van der Waals surface area contributed by atoms with E-state index in [9.17, 15) is 13.2 Å². The average molecular weight is 425 g/mol. The molecule has 0 heterocycles. The molecule has 0 fully saturated rings. The molecular weight excluding hydrogens is 400 g/mol. The number of anilines is 1. The number of sulfonamides is 1. The first kappa shape index (κ1) is 21.4. The molecule has 3 rings (SSSR count). The minimum absolute atomic E-state index is 0.163. The molecule has 0 bridgehead atoms. The van der Waals surface area contributed by atoms with Gasteiger partial charge < -0.3 is 9.64 Å². The second kappa shape index (κ2) is 9.45. The Hall–Kier alpha value is -3.32. The van der Waals surface area contributed by atoms with Crippen molar-refractivity contribution >= 4 is 21.6 Å². The van der Waals surface area contributed by atoms with E-state index in [0.29, 0.717) is 24.3 Å². The molecule has 0 radical (unpaired) electrons. The Morgan fingerprint density at radius 2 is 1.67 bits per heavy atom. The molecule has 0 atom stereocenters. The first-order chi connectivity index (χ1) is 14.4. The summed E-state index contributed by atoms with van der Waals surface area (Å²) in [6.45, 7) is 2.87. The van der Waals surface area contributed by atoms with Crippen LogP contribution in [0, 0.1) is 0 Å². The smallest absolute Gasteiger partial charge is 0.261 e. The van der Waals surface area contributed by atoms with Gasteiger partial charge in [0.15, 0.2) is 0 Å². The standard InChI is InChI=1S/C23H24N2O4S/c1-3-25(17-18-12-14-21(29-2)15-13-18)23(26)19-8-7-9-20(16-19)24-30(27,28)22-10-5-4-6-11-22/h4-16,24H,3,17H2,1-2H3. The average Bonchev–Trinajstić information content (AvgIpc) is 2.78. The molecule has 30 heavy (non-hydrogen) atoms. The number of methoxy groups -OCH3 is 1. The van der Waals surface area contributed by atoms with Gasteiger partial charge in [0.05, 0.1) is 12.0 Å². The molecule has 3 aromatic carbocycles. The number of ether oxygens (including phenoxy) is 1. The maximum Gasteiger partial charge on any atom is 0.261 e. The van der Waals surface area contributed by atoms with Crippen LogP contribution in [0.4, 0.5) is 5.69 Å². The second-order valence-electron chi connectivity index (χ2n) is 6.67. The van der Waals surface area contributed by atoms with Crippen molar-refractivity contribution in [3.8, 4) is 5.75 Å². The van der Waals surface area contributed by atoms with Crippen LogP contribution >= 0.6 is 0 Å². The van der Waals surface area contributed by atoms with Crippen LogP contribution in [-0.4, -0.2) is 32.9 Å². The Morgan fingerprint density at radius 3 is 2.30 bits per heavy atom. The molecule has 0 aliphatic rings. The molecule has 0 saturated carbocycles. The highest BCUT2D eigenvalue weighted by Crippen LogP contribution is 2.19. The molecule has 1 N–H and O–H groups in total. The summed E-state index contributed by atoms with van der Waals surface area (Å²) < 4.78 is 32.8. The van der Waals surface area contributed by atoms with Crippen LogP contribution in [0.5, 0.6) is 5.75 Å². The SMILES string of the molecule is CCN(Cc1ccc(OC)cc1)C(=O)c1cccc(NS(=O)(=O)c2ccccc2)c1. The Kier molecular flexibility index (Phi) is 6.74. The van der Waals surface area contributed by atoms with Gasteiger partial charge in [0.25, 0.3) is 15.9 Å². The molecule has 0 unspecified atom stereocenters. The third kappa shape index (κ3) is 5.18. The van der Waals surface area contributed by atoms with Crippen molar-refractivity contribution in [1.82, 2.24) is 4.90 Å². The topological polar surface area (TPSA) is 75.7 Å². The fraction of sp³-hybridized carbons (Fsp3) is 0.174. The molecule has 0 saturated heterocycles. The van der Waals surface area contributed by atoms with Crippen LogP contribution in [0.25, 0.3) is 0 Å². The Balaban J connectivity index is 1.77. The highest BCUT2D eigenvalue weighted by Gasteiger charge is 2.17. The molecule has 0 aliphatic carbocycles. The summed E-state index contributed by atoms with van der Waals surface area (Å²) in [5.41, 5.74) is 1.73. The lowest BCUT2D eigenvalue weighted by atomic mass is 10.1. The van der Waals surface area contributed by atoms with Crippen molar-refractivity contribution in [3.05, 3.63) is 90.0 Å². The van der Waals surface area contributed by atoms with E-state index in [-0.39, 0.29) is 10.8 Å². The number of nitrogens with zero attached hydrogens (tertiary/aromatic N) is 1. The largest absolute Gasteiger partial charge is 0.497 e. The van der Waals surface area contributed by atoms with Gasteiger partial charge in [-0.15, -0.1) is 0 Å². The molecular formula is C23H24N2O4S. The van der Waals surface area contributed by atoms with Gasteiger partial charge in [-0.2, -0.15) is 0 Å². The minimum Gasteiger partial charge on any atom is -0.497 e. The van der Waals surface area contributed by atoms with E-state index in [2.05, 4.69) is 4.72 Å². The number of benzene rings is 3. The summed E-state index contributed by atoms with van der Waals surface area (Å²) in [4.78, 5) is 14.9. The molecule has 0 spiro atoms. The molecule has 156 valence electrons. The summed E-state index contributed by atoms with van der Waals surface area (Å²) in [7, 11) is -2.12. The number of hydrogen-bond acceptors (Lipinski definition) is 4. The van der Waals surface area contributed by atoms with Crippen LogP contribution in [0.2, 0.25) is 0 Å². The quantitative estimate of drug-likeness (QED) is 0.589. The number of nitrogens with one attached hydrogen (secondary N) is 1. The summed E-state index contributed by atoms with van der Waals surface area (Å²) in [6.07, 6.45) is 0. The predicted octanol–water partition coefficient (Wildman–Crippen LogP) is 4.16. The van der Waals surface area contributed by atoms with Gasteiger partial charge in [-0.05, 0) is 55.0 Å². The fourth-order valence-electron chi connectivity index (χ4n) is 2.99. The lowest BCUT2D eigenvalue weighted by molar-refractivity contribution is 0.0752. The van der Waals surface area contributed by atoms with Gasteiger partial charge in [0.1, 0.15) is 5.75 Å². The van der Waals surface area contributed by atoms with Gasteiger partial charge >= 0.3 is 0 Å². The maximum atomic E-state index is 13.0. The van der Waals surface area contributed by atoms with Gasteiger partial charge in [0.2, 0.25) is 0 Å². The van der Waals surface area contributed by atoms with Crippen LogP contribution in [0.15, 0.2) is 83.8 Å². The first-order valence-electron chi connectivity index (χ1n) is 9.53. The Morgan fingerprint density at radius 1 is 0.967 bits per heavy atom. The van der Waals surface area contributed by atoms with Gasteiger partial charge in [-0.1, -0.05) is 36.4 Å². The van der Waals surface area contributed by atoms with Gasteiger partial charge in [-0.25, -0.2) is 8.42 Å². The highest BCUT2D eigenvalue weighted by molar-refractivity contribution is 7.92. The van der Waals surface area contributed by atoms with Crippen molar-refractivity contribution in [2.24, 2.45) is 0 Å². The molecule has 0 aromatic heterocycles. The van der Waals surface area contributed by atoms with Crippen LogP contribution < -0.4 is 9.46 Å². The van der Waals surface area contributed by atoms with Crippen molar-refractivity contribution < 1.29 is 17.9 Å². The Bertz CT molecular complexity index is 1100. The zero-order valence-corrected chi connectivity index (χ0v) is 17.7. The third-order valence-corrected chi connectivity index (χ3v) is 6.01. The first-order valence-corrected chi connectivity index (χ1v) is 11.0. The van der Waals surface area contributed by atoms with Crippen molar-refractivity contribution in [1.29, 1.82) is 0 Å². The molecule has 0 aliphatic heterocycles. The number of amides is 1. The van der Waals surface area contributed by atoms with Crippen molar-refractivity contribution in [3.63, 3.8) is 0 Å². The van der Waals surface area contributed by atoms with Crippen molar-refractivity contribution in [2.75, 3.05) is 18.4 Å². The number of carbonyl (C=O) groups is 1. The van der Waals surface area contributed by atoms with Gasteiger partial charge in [0, 0.05) is 24.3 Å². The Labute approximate surface area is 177 Å². The van der Waals surface area contributed by atoms with Crippen LogP contribution in [0.3, 0.4) is 0 Å². The predicted molar refractivity (Wildman–Crippen MR) is 117 cm³/mol. The van der Waals surface area contributed by atoms with E-state index in [1.165, 1.54) is 12.1 Å². The summed E-state index contributed by atoms with van der Waals surface area (Å²) in [6, 6.07) is 22.2. The van der Waals surface area contributed by atoms with E-state index < -0.39 is 10.0 Å². The van der Waals surface area contributed by atoms with E-state index in [0.717, 1.165) is 11.3 Å². The number of carbonyl (C=O) groups excluding carboxylic acids is 1. The van der Waals surface area contributed by atoms with Crippen molar-refractivity contribution in [2.45, 2.75) is 18.4 Å². The summed E-state index contributed by atoms with van der Waals surface area (Å²) in [5, 5.41) is 0. The fourth-order valence-corrected chi connectivity index (χ4v) is 4.06. The number of hydrogen-bond donors (Lipinski definition) is 1. The zero-order valence-electron chi connectivity index (χ0n) is 16.9. The monoisotopic (exact) mass is 424 g/mol. The lowest BCUT2D eigenvalue weighted by Crippen LogP contribution is -2.30. The zero-order chi connectivity index (χ0) is 21.6. The minimum atomic E-state index is -3.72. The lowest BCUT2D eigenvalue weighted by Gasteiger charge is -2.21. The number of rotatable bonds is 8. The molecule has 6 nitrogen and oxygen atoms in total. The van der Waals surface area contributed by atoms with E-state index >= 15 is 0 Å². The highest BCUT2D eigenvalue weighted by atomic mass is 32.2. The van der Waals surface area contributed by atoms with Crippen LogP contribution in [-0.2, 0) is 16.6 Å². The second-order valence-corrected chi connectivity index (χ2v) is 8.35. The molecule has 3 aromatic rings. The van der Waals surface area contributed by atoms with E-state index in [4.69, 9.17) is 4.74 Å². The third-order valence-electron chi connectivity index (χ3n) is 4.62. The molecule has 1 amide bonds. The maximum absolute atomic E-state index is 13.0. The summed E-state index contributed by atoms with van der Waals surface area (Å²) in [5.74, 6) is 0.584. The van der Waals surface area contributed by atoms with Crippen LogP contribution in [0.1, 0.15) is 22.8 Å².